The van der Waals surface area contributed by atoms with Gasteiger partial charge in [0.2, 0.25) is 20.0 Å². The zero-order chi connectivity index (χ0) is 15.7. The fraction of sp³-hybridized carbons (Fsp3) is 0.300. The van der Waals surface area contributed by atoms with Crippen LogP contribution in [0, 0.1) is 6.92 Å². The molecule has 20 heavy (non-hydrogen) atoms. The third-order valence-electron chi connectivity index (χ3n) is 2.39. The molecular formula is C10H14N2O6S2. The zero-order valence-electron chi connectivity index (χ0n) is 11.0. The van der Waals surface area contributed by atoms with E-state index in [-0.39, 0.29) is 16.8 Å². The number of carbonyl (C=O) groups excluding carboxylic acids is 1. The number of anilines is 1. The van der Waals surface area contributed by atoms with Gasteiger partial charge in [0, 0.05) is 0 Å². The fourth-order valence-corrected chi connectivity index (χ4v) is 3.25. The highest BCUT2D eigenvalue weighted by atomic mass is 32.2. The minimum atomic E-state index is -4.23. The number of methoxy groups -OCH3 is 1. The number of nitrogens with one attached hydrogen (secondary N) is 1. The Hall–Kier alpha value is -1.65. The van der Waals surface area contributed by atoms with Crippen LogP contribution in [0.3, 0.4) is 0 Å². The van der Waals surface area contributed by atoms with Crippen molar-refractivity contribution in [2.24, 2.45) is 5.14 Å². The SMILES string of the molecule is COC(=O)c1ccc(NS(C)(=O)=O)c(C)c1S(N)(=O)=O. The molecule has 8 nitrogen and oxygen atoms in total. The van der Waals surface area contributed by atoms with Gasteiger partial charge in [0.25, 0.3) is 0 Å². The summed E-state index contributed by atoms with van der Waals surface area (Å²) in [4.78, 5) is 11.1. The van der Waals surface area contributed by atoms with Crippen molar-refractivity contribution < 1.29 is 26.4 Å². The van der Waals surface area contributed by atoms with Crippen LogP contribution in [0.2, 0.25) is 0 Å². The Bertz CT molecular complexity index is 752. The Morgan fingerprint density at radius 3 is 2.20 bits per heavy atom. The topological polar surface area (TPSA) is 133 Å². The van der Waals surface area contributed by atoms with E-state index in [0.29, 0.717) is 0 Å². The summed E-state index contributed by atoms with van der Waals surface area (Å²) < 4.78 is 52.2. The number of primary sulfonamides is 1. The Morgan fingerprint density at radius 1 is 1.25 bits per heavy atom. The summed E-state index contributed by atoms with van der Waals surface area (Å²) in [5.74, 6) is -0.886. The highest BCUT2D eigenvalue weighted by Gasteiger charge is 2.24. The molecule has 0 atom stereocenters. The van der Waals surface area contributed by atoms with E-state index in [4.69, 9.17) is 5.14 Å². The monoisotopic (exact) mass is 322 g/mol. The van der Waals surface area contributed by atoms with Crippen LogP contribution in [0.15, 0.2) is 17.0 Å². The molecule has 112 valence electrons. The molecule has 0 saturated carbocycles. The molecule has 0 aliphatic carbocycles. The van der Waals surface area contributed by atoms with Crippen molar-refractivity contribution in [2.75, 3.05) is 18.1 Å². The van der Waals surface area contributed by atoms with Crippen LogP contribution in [0.4, 0.5) is 5.69 Å². The standard InChI is InChI=1S/C10H14N2O6S2/c1-6-8(12-19(3,14)15)5-4-7(10(13)18-2)9(6)20(11,16)17/h4-5,12H,1-3H3,(H2,11,16,17). The minimum Gasteiger partial charge on any atom is -0.465 e. The first kappa shape index (κ1) is 16.4. The van der Waals surface area contributed by atoms with E-state index in [1.54, 1.807) is 0 Å². The molecule has 1 aromatic rings. The first-order chi connectivity index (χ1) is 8.97. The van der Waals surface area contributed by atoms with Gasteiger partial charge < -0.3 is 4.74 Å². The normalized spacial score (nSPS) is 12.0. The van der Waals surface area contributed by atoms with Crippen LogP contribution in [0.1, 0.15) is 15.9 Å². The number of esters is 1. The lowest BCUT2D eigenvalue weighted by Gasteiger charge is -2.14. The molecule has 0 aliphatic rings. The van der Waals surface area contributed by atoms with Crippen LogP contribution in [0.25, 0.3) is 0 Å². The predicted molar refractivity (Wildman–Crippen MR) is 72.4 cm³/mol. The molecule has 0 amide bonds. The van der Waals surface area contributed by atoms with Crippen LogP contribution in [-0.4, -0.2) is 36.2 Å². The molecular weight excluding hydrogens is 308 g/mol. The highest BCUT2D eigenvalue weighted by molar-refractivity contribution is 7.92. The molecule has 0 aliphatic heterocycles. The number of hydrogen-bond donors (Lipinski definition) is 2. The van der Waals surface area contributed by atoms with Gasteiger partial charge in [0.1, 0.15) is 4.90 Å². The van der Waals surface area contributed by atoms with Gasteiger partial charge in [-0.15, -0.1) is 0 Å². The van der Waals surface area contributed by atoms with Crippen molar-refractivity contribution in [2.45, 2.75) is 11.8 Å². The Balaban J connectivity index is 3.64. The average molecular weight is 322 g/mol. The molecule has 0 bridgehead atoms. The lowest BCUT2D eigenvalue weighted by molar-refractivity contribution is 0.0596. The van der Waals surface area contributed by atoms with Gasteiger partial charge in [-0.25, -0.2) is 26.8 Å². The fourth-order valence-electron chi connectivity index (χ4n) is 1.64. The smallest absolute Gasteiger partial charge is 0.339 e. The summed E-state index contributed by atoms with van der Waals surface area (Å²) in [7, 11) is -6.74. The second kappa shape index (κ2) is 5.38. The van der Waals surface area contributed by atoms with Crippen molar-refractivity contribution in [1.29, 1.82) is 0 Å². The van der Waals surface area contributed by atoms with E-state index >= 15 is 0 Å². The van der Waals surface area contributed by atoms with Crippen LogP contribution in [0.5, 0.6) is 0 Å². The summed E-state index contributed by atoms with van der Waals surface area (Å²) in [6.07, 6.45) is 0.914. The Labute approximate surface area is 117 Å². The molecule has 3 N–H and O–H groups in total. The maximum absolute atomic E-state index is 11.6. The average Bonchev–Trinajstić information content (AvgIpc) is 2.27. The van der Waals surface area contributed by atoms with Crippen molar-refractivity contribution in [3.05, 3.63) is 23.3 Å². The lowest BCUT2D eigenvalue weighted by Crippen LogP contribution is -2.20. The number of carbonyl (C=O) groups is 1. The first-order valence-electron chi connectivity index (χ1n) is 5.20. The number of hydrogen-bond acceptors (Lipinski definition) is 6. The Kier molecular flexibility index (Phi) is 4.42. The molecule has 1 rings (SSSR count). The minimum absolute atomic E-state index is 0.0147. The Morgan fingerprint density at radius 2 is 1.80 bits per heavy atom. The van der Waals surface area contributed by atoms with E-state index in [2.05, 4.69) is 9.46 Å². The maximum Gasteiger partial charge on any atom is 0.339 e. The van der Waals surface area contributed by atoms with Crippen LogP contribution in [-0.2, 0) is 24.8 Å². The van der Waals surface area contributed by atoms with Gasteiger partial charge in [0.15, 0.2) is 0 Å². The molecule has 1 aromatic carbocycles. The number of nitrogens with two attached hydrogens (primary N) is 1. The zero-order valence-corrected chi connectivity index (χ0v) is 12.6. The molecule has 0 saturated heterocycles. The van der Waals surface area contributed by atoms with Gasteiger partial charge in [0.05, 0.1) is 24.6 Å². The van der Waals surface area contributed by atoms with Gasteiger partial charge in [-0.1, -0.05) is 0 Å². The van der Waals surface area contributed by atoms with E-state index in [0.717, 1.165) is 19.4 Å². The van der Waals surface area contributed by atoms with E-state index in [9.17, 15) is 21.6 Å². The summed E-state index contributed by atoms with van der Waals surface area (Å²) in [5, 5.41) is 5.07. The molecule has 10 heteroatoms. The van der Waals surface area contributed by atoms with Crippen molar-refractivity contribution in [1.82, 2.24) is 0 Å². The third kappa shape index (κ3) is 3.68. The van der Waals surface area contributed by atoms with E-state index in [1.165, 1.54) is 13.0 Å². The number of ether oxygens (including phenoxy) is 1. The van der Waals surface area contributed by atoms with Crippen LogP contribution >= 0.6 is 0 Å². The van der Waals surface area contributed by atoms with Gasteiger partial charge in [-0.3, -0.25) is 4.72 Å². The van der Waals surface area contributed by atoms with E-state index in [1.807, 2.05) is 0 Å². The van der Waals surface area contributed by atoms with Gasteiger partial charge in [-0.2, -0.15) is 0 Å². The molecule has 0 unspecified atom stereocenters. The summed E-state index contributed by atoms with van der Waals surface area (Å²) >= 11 is 0. The molecule has 0 fully saturated rings. The number of benzene rings is 1. The first-order valence-corrected chi connectivity index (χ1v) is 8.63. The molecule has 0 spiro atoms. The van der Waals surface area contributed by atoms with Gasteiger partial charge in [-0.05, 0) is 24.6 Å². The molecule has 0 heterocycles. The van der Waals surface area contributed by atoms with Crippen molar-refractivity contribution in [3.8, 4) is 0 Å². The molecule has 0 aromatic heterocycles. The third-order valence-corrected chi connectivity index (χ3v) is 4.08. The summed E-state index contributed by atoms with van der Waals surface area (Å²) in [6, 6.07) is 2.39. The quantitative estimate of drug-likeness (QED) is 0.738. The maximum atomic E-state index is 11.6. The molecule has 0 radical (unpaired) electrons. The second-order valence-corrected chi connectivity index (χ2v) is 7.27. The van der Waals surface area contributed by atoms with Crippen LogP contribution < -0.4 is 9.86 Å². The van der Waals surface area contributed by atoms with Crippen molar-refractivity contribution in [3.63, 3.8) is 0 Å². The van der Waals surface area contributed by atoms with Crippen molar-refractivity contribution >= 4 is 31.7 Å². The highest BCUT2D eigenvalue weighted by Crippen LogP contribution is 2.27. The lowest BCUT2D eigenvalue weighted by atomic mass is 10.1. The summed E-state index contributed by atoms with van der Waals surface area (Å²) in [6.45, 7) is 1.33. The second-order valence-electron chi connectivity index (χ2n) is 4.03. The largest absolute Gasteiger partial charge is 0.465 e. The van der Waals surface area contributed by atoms with E-state index < -0.39 is 30.9 Å². The number of rotatable bonds is 4. The predicted octanol–water partition coefficient (Wildman–Crippen LogP) is -0.199. The van der Waals surface area contributed by atoms with Gasteiger partial charge >= 0.3 is 5.97 Å². The number of sulfonamides is 2. The summed E-state index contributed by atoms with van der Waals surface area (Å²) in [5.41, 5.74) is -0.225.